The van der Waals surface area contributed by atoms with Crippen LogP contribution in [0.15, 0.2) is 24.3 Å². The van der Waals surface area contributed by atoms with Crippen LogP contribution in [0.5, 0.6) is 5.75 Å². The molecule has 3 N–H and O–H groups in total. The van der Waals surface area contributed by atoms with Gasteiger partial charge < -0.3 is 20.3 Å². The summed E-state index contributed by atoms with van der Waals surface area (Å²) in [6, 6.07) is 7.70. The van der Waals surface area contributed by atoms with Gasteiger partial charge in [-0.05, 0) is 32.9 Å². The molecule has 0 fully saturated rings. The summed E-state index contributed by atoms with van der Waals surface area (Å²) in [6.45, 7) is 6.41. The lowest BCUT2D eigenvalue weighted by molar-refractivity contribution is 0.0906. The van der Waals surface area contributed by atoms with Crippen molar-refractivity contribution >= 4 is 0 Å². The van der Waals surface area contributed by atoms with Crippen LogP contribution in [0.1, 0.15) is 19.4 Å². The Morgan fingerprint density at radius 2 is 1.89 bits per heavy atom. The molecule has 0 aliphatic carbocycles. The Morgan fingerprint density at radius 1 is 1.28 bits per heavy atom. The second-order valence-corrected chi connectivity index (χ2v) is 5.20. The molecule has 4 heteroatoms. The molecule has 1 rings (SSSR count). The number of benzene rings is 1. The molecule has 0 aliphatic heterocycles. The van der Waals surface area contributed by atoms with Gasteiger partial charge in [-0.25, -0.2) is 0 Å². The van der Waals surface area contributed by atoms with Crippen molar-refractivity contribution in [1.82, 2.24) is 5.32 Å². The van der Waals surface area contributed by atoms with Gasteiger partial charge in [0.2, 0.25) is 0 Å². The maximum atomic E-state index is 9.75. The number of hydrogen-bond donors (Lipinski definition) is 3. The average molecular weight is 253 g/mol. The average Bonchev–Trinajstić information content (AvgIpc) is 2.36. The zero-order valence-electron chi connectivity index (χ0n) is 11.3. The number of aliphatic hydroxyl groups excluding tert-OH is 2. The van der Waals surface area contributed by atoms with Crippen LogP contribution < -0.4 is 10.1 Å². The topological polar surface area (TPSA) is 61.7 Å². The van der Waals surface area contributed by atoms with E-state index in [4.69, 9.17) is 9.84 Å². The third-order valence-corrected chi connectivity index (χ3v) is 2.67. The molecular weight excluding hydrogens is 230 g/mol. The molecule has 1 aromatic carbocycles. The van der Waals surface area contributed by atoms with Crippen LogP contribution in [0.4, 0.5) is 0 Å². The Labute approximate surface area is 109 Å². The molecule has 0 radical (unpaired) electrons. The summed E-state index contributed by atoms with van der Waals surface area (Å²) in [6.07, 6.45) is -0.600. The van der Waals surface area contributed by atoms with Gasteiger partial charge in [0, 0.05) is 12.1 Å². The first kappa shape index (κ1) is 15.0. The van der Waals surface area contributed by atoms with Gasteiger partial charge >= 0.3 is 0 Å². The van der Waals surface area contributed by atoms with Crippen LogP contribution in [0.3, 0.4) is 0 Å². The van der Waals surface area contributed by atoms with Crippen molar-refractivity contribution in [1.29, 1.82) is 0 Å². The summed E-state index contributed by atoms with van der Waals surface area (Å²) in [5.74, 6) is 0.751. The van der Waals surface area contributed by atoms with Crippen molar-refractivity contribution in [2.75, 3.05) is 19.8 Å². The molecule has 1 aromatic rings. The number of aliphatic hydroxyl groups is 2. The van der Waals surface area contributed by atoms with E-state index in [0.717, 1.165) is 5.75 Å². The molecular formula is C14H23NO3. The second-order valence-electron chi connectivity index (χ2n) is 5.20. The second kappa shape index (κ2) is 6.73. The minimum Gasteiger partial charge on any atom is -0.491 e. The van der Waals surface area contributed by atoms with Crippen LogP contribution >= 0.6 is 0 Å². The Morgan fingerprint density at radius 3 is 2.44 bits per heavy atom. The van der Waals surface area contributed by atoms with Crippen LogP contribution in [-0.4, -0.2) is 41.6 Å². The van der Waals surface area contributed by atoms with Gasteiger partial charge in [-0.1, -0.05) is 17.7 Å². The number of ether oxygens (including phenoxy) is 1. The molecule has 0 spiro atoms. The van der Waals surface area contributed by atoms with Gasteiger partial charge in [0.05, 0.1) is 6.61 Å². The molecule has 0 saturated heterocycles. The number of rotatable bonds is 7. The van der Waals surface area contributed by atoms with Crippen molar-refractivity contribution in [3.8, 4) is 5.75 Å². The van der Waals surface area contributed by atoms with Gasteiger partial charge in [0.15, 0.2) is 0 Å². The summed E-state index contributed by atoms with van der Waals surface area (Å²) in [5, 5.41) is 21.9. The molecule has 0 amide bonds. The SMILES string of the molecule is Cc1ccc(OCC(O)CNC(C)(C)CO)cc1. The number of β-amino-alcohol motifs (C(OH)–C–C–N with tert-alkyl or cyclic N) is 1. The fourth-order valence-electron chi connectivity index (χ4n) is 1.34. The highest BCUT2D eigenvalue weighted by molar-refractivity contribution is 5.26. The van der Waals surface area contributed by atoms with Crippen molar-refractivity contribution in [3.05, 3.63) is 29.8 Å². The van der Waals surface area contributed by atoms with E-state index in [1.54, 1.807) is 0 Å². The summed E-state index contributed by atoms with van der Waals surface area (Å²) < 4.78 is 5.47. The third-order valence-electron chi connectivity index (χ3n) is 2.67. The normalized spacial score (nSPS) is 13.4. The molecule has 0 aliphatic rings. The Bertz CT molecular complexity index is 349. The van der Waals surface area contributed by atoms with Gasteiger partial charge in [0.1, 0.15) is 18.5 Å². The molecule has 0 saturated carbocycles. The zero-order valence-corrected chi connectivity index (χ0v) is 11.3. The summed E-state index contributed by atoms with van der Waals surface area (Å²) >= 11 is 0. The molecule has 1 atom stereocenters. The van der Waals surface area contributed by atoms with Gasteiger partial charge in [-0.2, -0.15) is 0 Å². The Hall–Kier alpha value is -1.10. The zero-order chi connectivity index (χ0) is 13.6. The lowest BCUT2D eigenvalue weighted by Gasteiger charge is -2.25. The van der Waals surface area contributed by atoms with Crippen molar-refractivity contribution in [3.63, 3.8) is 0 Å². The number of nitrogens with one attached hydrogen (secondary N) is 1. The molecule has 0 aromatic heterocycles. The van der Waals surface area contributed by atoms with Gasteiger partial charge in [-0.3, -0.25) is 0 Å². The van der Waals surface area contributed by atoms with Crippen molar-refractivity contribution < 1.29 is 14.9 Å². The highest BCUT2D eigenvalue weighted by Crippen LogP contribution is 2.11. The first-order chi connectivity index (χ1) is 8.43. The maximum absolute atomic E-state index is 9.75. The minimum atomic E-state index is -0.600. The molecule has 0 heterocycles. The van der Waals surface area contributed by atoms with E-state index < -0.39 is 6.10 Å². The van der Waals surface area contributed by atoms with Crippen LogP contribution in [-0.2, 0) is 0 Å². The van der Waals surface area contributed by atoms with E-state index in [9.17, 15) is 5.11 Å². The highest BCUT2D eigenvalue weighted by atomic mass is 16.5. The van der Waals surface area contributed by atoms with Crippen molar-refractivity contribution in [2.45, 2.75) is 32.4 Å². The van der Waals surface area contributed by atoms with Crippen LogP contribution in [0.25, 0.3) is 0 Å². The Balaban J connectivity index is 2.29. The summed E-state index contributed by atoms with van der Waals surface area (Å²) in [4.78, 5) is 0. The molecule has 18 heavy (non-hydrogen) atoms. The van der Waals surface area contributed by atoms with Gasteiger partial charge in [-0.15, -0.1) is 0 Å². The van der Waals surface area contributed by atoms with E-state index in [-0.39, 0.29) is 18.8 Å². The van der Waals surface area contributed by atoms with E-state index in [2.05, 4.69) is 5.32 Å². The third kappa shape index (κ3) is 5.49. The predicted octanol–water partition coefficient (Wildman–Crippen LogP) is 1.10. The highest BCUT2D eigenvalue weighted by Gasteiger charge is 2.17. The van der Waals surface area contributed by atoms with Crippen LogP contribution in [0, 0.1) is 6.92 Å². The number of aryl methyl sites for hydroxylation is 1. The molecule has 102 valence electrons. The van der Waals surface area contributed by atoms with Crippen LogP contribution in [0.2, 0.25) is 0 Å². The summed E-state index contributed by atoms with van der Waals surface area (Å²) in [7, 11) is 0. The Kier molecular flexibility index (Phi) is 5.59. The lowest BCUT2D eigenvalue weighted by Crippen LogP contribution is -2.47. The van der Waals surface area contributed by atoms with E-state index in [1.807, 2.05) is 45.0 Å². The summed E-state index contributed by atoms with van der Waals surface area (Å²) in [5.41, 5.74) is 0.791. The fourth-order valence-corrected chi connectivity index (χ4v) is 1.34. The minimum absolute atomic E-state index is 0.0263. The molecule has 4 nitrogen and oxygen atoms in total. The predicted molar refractivity (Wildman–Crippen MR) is 71.8 cm³/mol. The smallest absolute Gasteiger partial charge is 0.119 e. The van der Waals surface area contributed by atoms with E-state index in [1.165, 1.54) is 5.56 Å². The molecule has 0 bridgehead atoms. The maximum Gasteiger partial charge on any atom is 0.119 e. The van der Waals surface area contributed by atoms with Gasteiger partial charge in [0.25, 0.3) is 0 Å². The van der Waals surface area contributed by atoms with E-state index in [0.29, 0.717) is 6.54 Å². The standard InChI is InChI=1S/C14H23NO3/c1-11-4-6-13(7-5-11)18-9-12(17)8-15-14(2,3)10-16/h4-7,12,15-17H,8-10H2,1-3H3. The van der Waals surface area contributed by atoms with E-state index >= 15 is 0 Å². The number of hydrogen-bond acceptors (Lipinski definition) is 4. The lowest BCUT2D eigenvalue weighted by atomic mass is 10.1. The fraction of sp³-hybridized carbons (Fsp3) is 0.571. The first-order valence-electron chi connectivity index (χ1n) is 6.16. The molecule has 1 unspecified atom stereocenters. The largest absolute Gasteiger partial charge is 0.491 e. The first-order valence-corrected chi connectivity index (χ1v) is 6.16. The monoisotopic (exact) mass is 253 g/mol. The van der Waals surface area contributed by atoms with Crippen molar-refractivity contribution in [2.24, 2.45) is 0 Å². The quantitative estimate of drug-likeness (QED) is 0.681.